The van der Waals surface area contributed by atoms with E-state index in [0.717, 1.165) is 0 Å². The molecule has 2 heteroatoms. The monoisotopic (exact) mass is 116 g/mol. The van der Waals surface area contributed by atoms with Crippen LogP contribution in [0.5, 0.6) is 0 Å². The molecule has 0 fully saturated rings. The Labute approximate surface area is 49.8 Å². The van der Waals surface area contributed by atoms with E-state index >= 15 is 0 Å². The number of aliphatic hydroxyl groups is 1. The first kappa shape index (κ1) is 7.34. The van der Waals surface area contributed by atoms with Crippen LogP contribution in [0.3, 0.4) is 0 Å². The van der Waals surface area contributed by atoms with Gasteiger partial charge in [0, 0.05) is 0 Å². The zero-order valence-electron chi connectivity index (χ0n) is 5.56. The van der Waals surface area contributed by atoms with E-state index in [2.05, 4.69) is 6.58 Å². The maximum absolute atomic E-state index is 8.47. The second kappa shape index (κ2) is 2.07. The molecule has 0 aromatic rings. The van der Waals surface area contributed by atoms with Crippen molar-refractivity contribution in [2.45, 2.75) is 26.4 Å². The quantitative estimate of drug-likeness (QED) is 0.529. The van der Waals surface area contributed by atoms with Crippen LogP contribution in [0.15, 0.2) is 12.5 Å². The first-order chi connectivity index (χ1) is 3.42. The van der Waals surface area contributed by atoms with E-state index < -0.39 is 0 Å². The zero-order valence-corrected chi connectivity index (χ0v) is 5.56. The summed E-state index contributed by atoms with van der Waals surface area (Å²) in [6.45, 7) is 8.70. The lowest BCUT2D eigenvalue weighted by Crippen LogP contribution is -2.17. The van der Waals surface area contributed by atoms with Crippen molar-refractivity contribution in [1.82, 2.24) is 0 Å². The Morgan fingerprint density at radius 3 is 1.88 bits per heavy atom. The van der Waals surface area contributed by atoms with E-state index in [1.807, 2.05) is 20.8 Å². The molecule has 48 valence electrons. The molecule has 0 rings (SSSR count). The van der Waals surface area contributed by atoms with Crippen molar-refractivity contribution < 1.29 is 9.84 Å². The molecule has 0 aliphatic carbocycles. The maximum atomic E-state index is 8.47. The molecule has 0 radical (unpaired) electrons. The van der Waals surface area contributed by atoms with E-state index in [1.165, 1.54) is 0 Å². The van der Waals surface area contributed by atoms with Gasteiger partial charge < -0.3 is 9.84 Å². The Hall–Kier alpha value is -0.660. The molecule has 0 aliphatic heterocycles. The molecule has 2 nitrogen and oxygen atoms in total. The minimum atomic E-state index is -0.328. The molecule has 8 heavy (non-hydrogen) atoms. The van der Waals surface area contributed by atoms with Crippen LogP contribution in [0.1, 0.15) is 20.8 Å². The predicted molar refractivity (Wildman–Crippen MR) is 32.6 cm³/mol. The van der Waals surface area contributed by atoms with Crippen molar-refractivity contribution >= 4 is 0 Å². The summed E-state index contributed by atoms with van der Waals surface area (Å²) in [5, 5.41) is 8.47. The zero-order chi connectivity index (χ0) is 6.78. The van der Waals surface area contributed by atoms with Crippen LogP contribution in [-0.4, -0.2) is 10.7 Å². The van der Waals surface area contributed by atoms with Crippen LogP contribution in [0.25, 0.3) is 0 Å². The summed E-state index contributed by atoms with van der Waals surface area (Å²) in [4.78, 5) is 0. The highest BCUT2D eigenvalue weighted by Crippen LogP contribution is 2.09. The molecule has 0 heterocycles. The number of aliphatic hydroxyl groups excluding tert-OH is 1. The van der Waals surface area contributed by atoms with Crippen LogP contribution >= 0.6 is 0 Å². The van der Waals surface area contributed by atoms with Gasteiger partial charge in [0.15, 0.2) is 0 Å². The van der Waals surface area contributed by atoms with Gasteiger partial charge >= 0.3 is 0 Å². The molecular formula is C6H12O2. The third-order valence-corrected chi connectivity index (χ3v) is 0.424. The average molecular weight is 116 g/mol. The molecule has 0 saturated heterocycles. The smallest absolute Gasteiger partial charge is 0.269 e. The fraction of sp³-hybridized carbons (Fsp3) is 0.667. The Morgan fingerprint density at radius 1 is 1.50 bits per heavy atom. The third-order valence-electron chi connectivity index (χ3n) is 0.424. The van der Waals surface area contributed by atoms with Crippen LogP contribution in [0.4, 0.5) is 0 Å². The summed E-state index contributed by atoms with van der Waals surface area (Å²) in [5.41, 5.74) is -0.328. The number of hydrogen-bond donors (Lipinski definition) is 1. The molecular weight excluding hydrogens is 104 g/mol. The molecule has 0 spiro atoms. The Kier molecular flexibility index (Phi) is 1.90. The van der Waals surface area contributed by atoms with E-state index in [9.17, 15) is 0 Å². The molecule has 0 aliphatic rings. The Balaban J connectivity index is 3.55. The van der Waals surface area contributed by atoms with Crippen molar-refractivity contribution in [1.29, 1.82) is 0 Å². The summed E-state index contributed by atoms with van der Waals surface area (Å²) < 4.78 is 4.80. The van der Waals surface area contributed by atoms with Gasteiger partial charge in [0.1, 0.15) is 5.60 Å². The van der Waals surface area contributed by atoms with E-state index in [-0.39, 0.29) is 11.5 Å². The van der Waals surface area contributed by atoms with E-state index in [4.69, 9.17) is 9.84 Å². The van der Waals surface area contributed by atoms with Crippen LogP contribution in [0, 0.1) is 0 Å². The predicted octanol–water partition coefficient (Wildman–Crippen LogP) is 1.83. The van der Waals surface area contributed by atoms with Gasteiger partial charge in [-0.3, -0.25) is 0 Å². The first-order valence-electron chi connectivity index (χ1n) is 2.49. The van der Waals surface area contributed by atoms with Gasteiger partial charge in [0.2, 0.25) is 0 Å². The second-order valence-corrected chi connectivity index (χ2v) is 2.61. The van der Waals surface area contributed by atoms with Crippen LogP contribution < -0.4 is 0 Å². The number of hydrogen-bond acceptors (Lipinski definition) is 2. The minimum Gasteiger partial charge on any atom is -0.481 e. The van der Waals surface area contributed by atoms with Gasteiger partial charge in [-0.15, -0.1) is 0 Å². The van der Waals surface area contributed by atoms with Crippen molar-refractivity contribution in [3.05, 3.63) is 12.5 Å². The molecule has 0 unspecified atom stereocenters. The van der Waals surface area contributed by atoms with Gasteiger partial charge in [-0.2, -0.15) is 0 Å². The summed E-state index contributed by atoms with van der Waals surface area (Å²) >= 11 is 0. The fourth-order valence-corrected chi connectivity index (χ4v) is 0.353. The second-order valence-electron chi connectivity index (χ2n) is 2.61. The normalized spacial score (nSPS) is 10.9. The van der Waals surface area contributed by atoms with Crippen molar-refractivity contribution in [2.75, 3.05) is 0 Å². The fourth-order valence-electron chi connectivity index (χ4n) is 0.353. The molecule has 1 N–H and O–H groups in total. The highest BCUT2D eigenvalue weighted by Gasteiger charge is 2.10. The number of ether oxygens (including phenoxy) is 1. The van der Waals surface area contributed by atoms with Gasteiger partial charge in [0.05, 0.1) is 0 Å². The molecule has 0 aromatic carbocycles. The van der Waals surface area contributed by atoms with Gasteiger partial charge in [-0.25, -0.2) is 0 Å². The topological polar surface area (TPSA) is 29.5 Å². The van der Waals surface area contributed by atoms with Crippen LogP contribution in [0.2, 0.25) is 0 Å². The SMILES string of the molecule is C=C(O)OC(C)(C)C. The summed E-state index contributed by atoms with van der Waals surface area (Å²) in [6.07, 6.45) is 0. The highest BCUT2D eigenvalue weighted by molar-refractivity contribution is 4.70. The highest BCUT2D eigenvalue weighted by atomic mass is 16.6. The number of rotatable bonds is 1. The van der Waals surface area contributed by atoms with Crippen molar-refractivity contribution in [3.63, 3.8) is 0 Å². The van der Waals surface area contributed by atoms with Crippen LogP contribution in [-0.2, 0) is 4.74 Å². The minimum absolute atomic E-state index is 0.225. The standard InChI is InChI=1S/C6H12O2/c1-5(7)8-6(2,3)4/h7H,1H2,2-4H3. The molecule has 0 saturated carbocycles. The lowest BCUT2D eigenvalue weighted by atomic mass is 10.2. The van der Waals surface area contributed by atoms with Gasteiger partial charge in [0.25, 0.3) is 5.95 Å². The maximum Gasteiger partial charge on any atom is 0.269 e. The summed E-state index contributed by atoms with van der Waals surface area (Å²) in [6, 6.07) is 0. The molecule has 0 atom stereocenters. The van der Waals surface area contributed by atoms with Gasteiger partial charge in [-0.05, 0) is 27.4 Å². The first-order valence-corrected chi connectivity index (χ1v) is 2.49. The lowest BCUT2D eigenvalue weighted by molar-refractivity contribution is -0.0130. The third kappa shape index (κ3) is 5.34. The summed E-state index contributed by atoms with van der Waals surface area (Å²) in [7, 11) is 0. The summed E-state index contributed by atoms with van der Waals surface area (Å²) in [5.74, 6) is -0.225. The molecule has 0 amide bonds. The van der Waals surface area contributed by atoms with Crippen molar-refractivity contribution in [2.24, 2.45) is 0 Å². The Bertz CT molecular complexity index is 89.2. The Morgan fingerprint density at radius 2 is 1.88 bits per heavy atom. The van der Waals surface area contributed by atoms with Gasteiger partial charge in [-0.1, -0.05) is 0 Å². The molecule has 0 bridgehead atoms. The van der Waals surface area contributed by atoms with E-state index in [1.54, 1.807) is 0 Å². The van der Waals surface area contributed by atoms with Crippen molar-refractivity contribution in [3.8, 4) is 0 Å². The lowest BCUT2D eigenvalue weighted by Gasteiger charge is -2.18. The average Bonchev–Trinajstić information content (AvgIpc) is 1.21. The molecule has 0 aromatic heterocycles. The largest absolute Gasteiger partial charge is 0.481 e. The van der Waals surface area contributed by atoms with E-state index in [0.29, 0.717) is 0 Å².